The summed E-state index contributed by atoms with van der Waals surface area (Å²) in [6, 6.07) is 3.47. The van der Waals surface area contributed by atoms with Gasteiger partial charge >= 0.3 is 5.97 Å². The Morgan fingerprint density at radius 2 is 1.76 bits per heavy atom. The molecular formula is C17H17N3O5. The zero-order valence-corrected chi connectivity index (χ0v) is 14.2. The quantitative estimate of drug-likeness (QED) is 0.733. The van der Waals surface area contributed by atoms with Crippen LogP contribution >= 0.6 is 0 Å². The molecule has 0 saturated heterocycles. The highest BCUT2D eigenvalue weighted by molar-refractivity contribution is 6.02. The number of ether oxygens (including phenoxy) is 3. The van der Waals surface area contributed by atoms with Gasteiger partial charge in [-0.3, -0.25) is 0 Å². The second kappa shape index (κ2) is 6.31. The number of aromatic carboxylic acids is 1. The summed E-state index contributed by atoms with van der Waals surface area (Å²) < 4.78 is 16.0. The Balaban J connectivity index is 2.22. The molecule has 2 heterocycles. The molecule has 0 atom stereocenters. The fraction of sp³-hybridized carbons (Fsp3) is 0.235. The number of methoxy groups -OCH3 is 3. The average Bonchev–Trinajstić information content (AvgIpc) is 2.95. The molecular weight excluding hydrogens is 326 g/mol. The van der Waals surface area contributed by atoms with Gasteiger partial charge in [0.2, 0.25) is 5.75 Å². The Kier molecular flexibility index (Phi) is 4.18. The summed E-state index contributed by atoms with van der Waals surface area (Å²) in [5.41, 5.74) is 2.50. The number of carboxylic acid groups (broad SMARTS) is 1. The predicted molar refractivity (Wildman–Crippen MR) is 90.7 cm³/mol. The van der Waals surface area contributed by atoms with Crippen LogP contribution in [0.2, 0.25) is 0 Å². The summed E-state index contributed by atoms with van der Waals surface area (Å²) in [6.45, 7) is 1.67. The maximum absolute atomic E-state index is 11.5. The van der Waals surface area contributed by atoms with Crippen LogP contribution in [0.5, 0.6) is 17.2 Å². The van der Waals surface area contributed by atoms with Gasteiger partial charge in [0.1, 0.15) is 11.1 Å². The van der Waals surface area contributed by atoms with Crippen LogP contribution in [0.15, 0.2) is 18.3 Å². The first-order valence-corrected chi connectivity index (χ1v) is 7.39. The van der Waals surface area contributed by atoms with Gasteiger partial charge in [0.15, 0.2) is 17.1 Å². The zero-order valence-electron chi connectivity index (χ0n) is 14.2. The topological polar surface area (TPSA) is 107 Å². The van der Waals surface area contributed by atoms with Gasteiger partial charge in [-0.05, 0) is 19.1 Å². The molecule has 0 spiro atoms. The Labute approximate surface area is 143 Å². The summed E-state index contributed by atoms with van der Waals surface area (Å²) >= 11 is 0. The number of aromatic nitrogens is 3. The van der Waals surface area contributed by atoms with Gasteiger partial charge in [-0.15, -0.1) is 0 Å². The Bertz CT molecular complexity index is 939. The van der Waals surface area contributed by atoms with Gasteiger partial charge in [-0.25, -0.2) is 14.8 Å². The summed E-state index contributed by atoms with van der Waals surface area (Å²) in [7, 11) is 4.57. The molecule has 3 rings (SSSR count). The molecule has 8 heteroatoms. The number of rotatable bonds is 5. The van der Waals surface area contributed by atoms with E-state index in [0.29, 0.717) is 45.4 Å². The van der Waals surface area contributed by atoms with Crippen molar-refractivity contribution < 1.29 is 24.1 Å². The number of H-pyrrole nitrogens is 1. The standard InChI is InChI=1S/C17H17N3O5/c1-8-13(17(21)22)14-16(19-8)18-7-10(20-14)9-5-11(23-2)15(25-4)12(6-9)24-3/h5-7H,1-4H3,(H,18,19)(H,21,22). The third-order valence-electron chi connectivity index (χ3n) is 3.86. The van der Waals surface area contributed by atoms with Crippen molar-refractivity contribution >= 4 is 17.1 Å². The molecule has 8 nitrogen and oxygen atoms in total. The van der Waals surface area contributed by atoms with Crippen LogP contribution in [-0.2, 0) is 0 Å². The van der Waals surface area contributed by atoms with Crippen molar-refractivity contribution in [2.45, 2.75) is 6.92 Å². The van der Waals surface area contributed by atoms with Crippen LogP contribution in [0.1, 0.15) is 16.1 Å². The smallest absolute Gasteiger partial charge is 0.339 e. The Morgan fingerprint density at radius 3 is 2.28 bits per heavy atom. The van der Waals surface area contributed by atoms with Crippen LogP contribution in [0, 0.1) is 6.92 Å². The van der Waals surface area contributed by atoms with Gasteiger partial charge in [0.05, 0.1) is 33.2 Å². The first-order valence-electron chi connectivity index (χ1n) is 7.39. The van der Waals surface area contributed by atoms with Crippen molar-refractivity contribution in [3.8, 4) is 28.5 Å². The number of carboxylic acids is 1. The van der Waals surface area contributed by atoms with E-state index in [1.807, 2.05) is 0 Å². The molecule has 25 heavy (non-hydrogen) atoms. The summed E-state index contributed by atoms with van der Waals surface area (Å²) in [6.07, 6.45) is 1.56. The molecule has 0 saturated carbocycles. The Morgan fingerprint density at radius 1 is 1.12 bits per heavy atom. The number of aromatic amines is 1. The molecule has 1 aromatic carbocycles. The van der Waals surface area contributed by atoms with Crippen LogP contribution in [0.25, 0.3) is 22.4 Å². The fourth-order valence-corrected chi connectivity index (χ4v) is 2.70. The van der Waals surface area contributed by atoms with Crippen LogP contribution in [-0.4, -0.2) is 47.4 Å². The lowest BCUT2D eigenvalue weighted by Crippen LogP contribution is -1.99. The maximum atomic E-state index is 11.5. The molecule has 0 bridgehead atoms. The highest BCUT2D eigenvalue weighted by Gasteiger charge is 2.19. The lowest BCUT2D eigenvalue weighted by Gasteiger charge is -2.13. The lowest BCUT2D eigenvalue weighted by atomic mass is 10.1. The van der Waals surface area contributed by atoms with Crippen molar-refractivity contribution in [2.75, 3.05) is 21.3 Å². The van der Waals surface area contributed by atoms with E-state index in [1.165, 1.54) is 21.3 Å². The molecule has 0 unspecified atom stereocenters. The molecule has 2 N–H and O–H groups in total. The molecule has 0 aliphatic carbocycles. The van der Waals surface area contributed by atoms with Gasteiger partial charge in [0, 0.05) is 11.3 Å². The van der Waals surface area contributed by atoms with E-state index in [4.69, 9.17) is 14.2 Å². The summed E-state index contributed by atoms with van der Waals surface area (Å²) in [4.78, 5) is 23.2. The van der Waals surface area contributed by atoms with E-state index in [1.54, 1.807) is 25.3 Å². The van der Waals surface area contributed by atoms with Gasteiger partial charge in [-0.2, -0.15) is 0 Å². The predicted octanol–water partition coefficient (Wildman–Crippen LogP) is 2.66. The number of aryl methyl sites for hydroxylation is 1. The third kappa shape index (κ3) is 2.71. The van der Waals surface area contributed by atoms with Gasteiger partial charge in [0.25, 0.3) is 0 Å². The SMILES string of the molecule is COc1cc(-c2cnc3[nH]c(C)c(C(=O)O)c3n2)cc(OC)c1OC. The van der Waals surface area contributed by atoms with Crippen molar-refractivity contribution in [3.63, 3.8) is 0 Å². The third-order valence-corrected chi connectivity index (χ3v) is 3.86. The van der Waals surface area contributed by atoms with E-state index in [9.17, 15) is 9.90 Å². The summed E-state index contributed by atoms with van der Waals surface area (Å²) in [5.74, 6) is 0.358. The number of carbonyl (C=O) groups is 1. The van der Waals surface area contributed by atoms with Crippen LogP contribution < -0.4 is 14.2 Å². The normalized spacial score (nSPS) is 10.7. The summed E-state index contributed by atoms with van der Waals surface area (Å²) in [5, 5.41) is 9.40. The minimum Gasteiger partial charge on any atom is -0.493 e. The average molecular weight is 343 g/mol. The second-order valence-corrected chi connectivity index (χ2v) is 5.30. The first-order chi connectivity index (χ1) is 12.0. The van der Waals surface area contributed by atoms with Gasteiger partial charge in [-0.1, -0.05) is 0 Å². The number of nitrogens with one attached hydrogen (secondary N) is 1. The molecule has 0 amide bonds. The minimum atomic E-state index is -1.06. The monoisotopic (exact) mass is 343 g/mol. The van der Waals surface area contributed by atoms with Crippen LogP contribution in [0.3, 0.4) is 0 Å². The Hall–Kier alpha value is -3.29. The molecule has 2 aromatic heterocycles. The van der Waals surface area contributed by atoms with Crippen molar-refractivity contribution in [1.29, 1.82) is 0 Å². The number of nitrogens with zero attached hydrogens (tertiary/aromatic N) is 2. The van der Waals surface area contributed by atoms with Crippen molar-refractivity contribution in [3.05, 3.63) is 29.6 Å². The largest absolute Gasteiger partial charge is 0.493 e. The van der Waals surface area contributed by atoms with E-state index in [-0.39, 0.29) is 5.56 Å². The molecule has 3 aromatic rings. The van der Waals surface area contributed by atoms with Gasteiger partial charge < -0.3 is 24.3 Å². The van der Waals surface area contributed by atoms with E-state index in [0.717, 1.165) is 0 Å². The molecule has 0 aliphatic rings. The maximum Gasteiger partial charge on any atom is 0.339 e. The van der Waals surface area contributed by atoms with Crippen molar-refractivity contribution in [2.24, 2.45) is 0 Å². The van der Waals surface area contributed by atoms with Crippen LogP contribution in [0.4, 0.5) is 0 Å². The number of hydrogen-bond donors (Lipinski definition) is 2. The molecule has 0 aliphatic heterocycles. The lowest BCUT2D eigenvalue weighted by molar-refractivity contribution is 0.0698. The number of fused-ring (bicyclic) bond motifs is 1. The highest BCUT2D eigenvalue weighted by atomic mass is 16.5. The second-order valence-electron chi connectivity index (χ2n) is 5.30. The van der Waals surface area contributed by atoms with E-state index >= 15 is 0 Å². The number of benzene rings is 1. The molecule has 0 radical (unpaired) electrons. The van der Waals surface area contributed by atoms with Crippen molar-refractivity contribution in [1.82, 2.24) is 15.0 Å². The highest BCUT2D eigenvalue weighted by Crippen LogP contribution is 2.41. The first kappa shape index (κ1) is 16.6. The van der Waals surface area contributed by atoms with E-state index < -0.39 is 5.97 Å². The fourth-order valence-electron chi connectivity index (χ4n) is 2.70. The van der Waals surface area contributed by atoms with E-state index in [2.05, 4.69) is 15.0 Å². The molecule has 0 fully saturated rings. The zero-order chi connectivity index (χ0) is 18.1. The molecule has 130 valence electrons. The number of hydrogen-bond acceptors (Lipinski definition) is 6. The minimum absolute atomic E-state index is 0.108.